The minimum absolute atomic E-state index is 0.0198. The van der Waals surface area contributed by atoms with Gasteiger partial charge in [-0.2, -0.15) is 4.94 Å². The first kappa shape index (κ1) is 27.7. The number of carbonyl (C=O) groups excluding carboxylic acids is 2. The van der Waals surface area contributed by atoms with Crippen molar-refractivity contribution in [2.24, 2.45) is 0 Å². The standard InChI is InChI=1S/C23H23BrN2O3.C2H6.CH3FO/c1-15-5-6-18(13-16(15)14-25)29-17-7-9-23(10-8-17)21-19(24)3-2-4-20(21)26(11-12-27)22(23)28;1-2;1-3-2/h2-6,12-14,17,25H,7-11H2,1H3;1-2H3;1H3. The number of nitrogens with zero attached hydrogens (tertiary/aromatic N) is 1. The largest absolute Gasteiger partial charge is 0.490 e. The van der Waals surface area contributed by atoms with Gasteiger partial charge in [0, 0.05) is 21.9 Å². The Bertz CT molecular complexity index is 1010. The molecule has 2 aromatic carbocycles. The molecule has 2 aliphatic rings. The van der Waals surface area contributed by atoms with Gasteiger partial charge in [0.05, 0.1) is 25.2 Å². The summed E-state index contributed by atoms with van der Waals surface area (Å²) in [5.74, 6) is 0.781. The Hall–Kier alpha value is -2.58. The highest BCUT2D eigenvalue weighted by Gasteiger charge is 2.53. The van der Waals surface area contributed by atoms with Gasteiger partial charge in [-0.1, -0.05) is 41.9 Å². The molecule has 1 amide bonds. The molecule has 8 heteroatoms. The summed E-state index contributed by atoms with van der Waals surface area (Å²) in [6, 6.07) is 11.6. The zero-order valence-corrected chi connectivity index (χ0v) is 21.7. The van der Waals surface area contributed by atoms with Crippen LogP contribution >= 0.6 is 15.9 Å². The van der Waals surface area contributed by atoms with E-state index in [4.69, 9.17) is 10.1 Å². The summed E-state index contributed by atoms with van der Waals surface area (Å²) in [5, 5.41) is 7.52. The molecule has 0 unspecified atom stereocenters. The van der Waals surface area contributed by atoms with E-state index < -0.39 is 5.41 Å². The van der Waals surface area contributed by atoms with Crippen LogP contribution in [0.1, 0.15) is 56.2 Å². The molecule has 2 aromatic rings. The maximum atomic E-state index is 13.3. The number of nitrogens with one attached hydrogen (secondary N) is 1. The first-order chi connectivity index (χ1) is 16.4. The van der Waals surface area contributed by atoms with E-state index in [-0.39, 0.29) is 18.6 Å². The van der Waals surface area contributed by atoms with Gasteiger partial charge in [-0.15, -0.1) is 0 Å². The average Bonchev–Trinajstić information content (AvgIpc) is 3.07. The topological polar surface area (TPSA) is 79.7 Å². The van der Waals surface area contributed by atoms with Crippen molar-refractivity contribution in [1.82, 2.24) is 0 Å². The first-order valence-corrected chi connectivity index (χ1v) is 12.2. The molecule has 0 radical (unpaired) electrons. The number of rotatable bonds is 5. The number of hydrogen-bond donors (Lipinski definition) is 1. The molecule has 1 heterocycles. The van der Waals surface area contributed by atoms with Gasteiger partial charge in [0.2, 0.25) is 5.91 Å². The molecule has 34 heavy (non-hydrogen) atoms. The van der Waals surface area contributed by atoms with Gasteiger partial charge in [-0.05, 0) is 72.5 Å². The second-order valence-electron chi connectivity index (χ2n) is 7.93. The Balaban J connectivity index is 0.000000758. The maximum Gasteiger partial charge on any atom is 0.238 e. The predicted molar refractivity (Wildman–Crippen MR) is 136 cm³/mol. The molecule has 1 N–H and O–H groups in total. The van der Waals surface area contributed by atoms with E-state index in [1.165, 1.54) is 6.21 Å². The number of hydrogen-bond acceptors (Lipinski definition) is 5. The lowest BCUT2D eigenvalue weighted by Gasteiger charge is -2.36. The Kier molecular flexibility index (Phi) is 10.4. The number of anilines is 1. The van der Waals surface area contributed by atoms with E-state index in [2.05, 4.69) is 20.9 Å². The monoisotopic (exact) mass is 534 g/mol. The summed E-state index contributed by atoms with van der Waals surface area (Å²) >= 11 is 3.64. The molecule has 1 saturated carbocycles. The van der Waals surface area contributed by atoms with Gasteiger partial charge in [0.1, 0.15) is 12.0 Å². The van der Waals surface area contributed by atoms with Crippen LogP contribution in [0.25, 0.3) is 0 Å². The zero-order valence-electron chi connectivity index (χ0n) is 20.1. The molecule has 1 aliphatic carbocycles. The molecule has 0 aromatic heterocycles. The molecule has 1 spiro atoms. The molecule has 1 aliphatic heterocycles. The van der Waals surface area contributed by atoms with Crippen LogP contribution in [0.5, 0.6) is 5.75 Å². The number of fused-ring (bicyclic) bond motifs is 2. The van der Waals surface area contributed by atoms with Crippen LogP contribution in [-0.4, -0.2) is 38.2 Å². The van der Waals surface area contributed by atoms with E-state index in [0.717, 1.165) is 58.8 Å². The smallest absolute Gasteiger partial charge is 0.238 e. The zero-order chi connectivity index (χ0) is 25.3. The van der Waals surface area contributed by atoms with Crippen molar-refractivity contribution in [2.45, 2.75) is 58.0 Å². The maximum absolute atomic E-state index is 13.3. The minimum Gasteiger partial charge on any atom is -0.490 e. The number of benzene rings is 2. The van der Waals surface area contributed by atoms with Crippen LogP contribution in [0.3, 0.4) is 0 Å². The van der Waals surface area contributed by atoms with Gasteiger partial charge < -0.3 is 19.8 Å². The third kappa shape index (κ3) is 5.55. The van der Waals surface area contributed by atoms with Gasteiger partial charge >= 0.3 is 0 Å². The number of ether oxygens (including phenoxy) is 1. The number of carbonyl (C=O) groups is 2. The SMILES string of the molecule is CC.COF.Cc1ccc(OC2CCC3(CC2)C(=O)N(CC=O)c2cccc(Br)c23)cc1C=N. The van der Waals surface area contributed by atoms with E-state index in [0.29, 0.717) is 12.8 Å². The number of halogens is 2. The van der Waals surface area contributed by atoms with Gasteiger partial charge in [-0.3, -0.25) is 4.79 Å². The fourth-order valence-corrected chi connectivity index (χ4v) is 5.38. The molecule has 0 bridgehead atoms. The average molecular weight is 535 g/mol. The summed E-state index contributed by atoms with van der Waals surface area (Å²) in [6.07, 6.45) is 5.04. The lowest BCUT2D eigenvalue weighted by molar-refractivity contribution is -0.125. The van der Waals surface area contributed by atoms with Crippen molar-refractivity contribution in [3.05, 3.63) is 57.6 Å². The van der Waals surface area contributed by atoms with Crippen molar-refractivity contribution in [2.75, 3.05) is 18.6 Å². The Morgan fingerprint density at radius 2 is 1.88 bits per heavy atom. The second-order valence-corrected chi connectivity index (χ2v) is 8.79. The van der Waals surface area contributed by atoms with Crippen LogP contribution in [0.15, 0.2) is 40.9 Å². The van der Waals surface area contributed by atoms with Crippen molar-refractivity contribution in [3.63, 3.8) is 0 Å². The highest BCUT2D eigenvalue weighted by molar-refractivity contribution is 9.10. The number of aldehydes is 1. The Morgan fingerprint density at radius 3 is 2.47 bits per heavy atom. The van der Waals surface area contributed by atoms with Gasteiger partial charge in [0.25, 0.3) is 0 Å². The van der Waals surface area contributed by atoms with Crippen LogP contribution in [-0.2, 0) is 19.9 Å². The third-order valence-electron chi connectivity index (χ3n) is 6.17. The predicted octanol–water partition coefficient (Wildman–Crippen LogP) is 6.10. The van der Waals surface area contributed by atoms with E-state index in [1.807, 2.05) is 57.2 Å². The minimum atomic E-state index is -0.592. The summed E-state index contributed by atoms with van der Waals surface area (Å²) in [4.78, 5) is 28.9. The van der Waals surface area contributed by atoms with Gasteiger partial charge in [0.15, 0.2) is 0 Å². The first-order valence-electron chi connectivity index (χ1n) is 11.4. The molecule has 0 saturated heterocycles. The number of aryl methyl sites for hydroxylation is 1. The Labute approximate surface area is 209 Å². The van der Waals surface area contributed by atoms with Crippen LogP contribution < -0.4 is 9.64 Å². The molecule has 1 fully saturated rings. The van der Waals surface area contributed by atoms with Crippen molar-refractivity contribution < 1.29 is 23.8 Å². The van der Waals surface area contributed by atoms with Crippen LogP contribution in [0, 0.1) is 12.3 Å². The van der Waals surface area contributed by atoms with E-state index >= 15 is 0 Å². The molecule has 6 nitrogen and oxygen atoms in total. The molecular formula is C26H32BrFN2O4. The summed E-state index contributed by atoms with van der Waals surface area (Å²) in [7, 11) is 0.958. The molecule has 184 valence electrons. The summed E-state index contributed by atoms with van der Waals surface area (Å²) in [6.45, 7) is 6.06. The summed E-state index contributed by atoms with van der Waals surface area (Å²) in [5.41, 5.74) is 3.15. The quantitative estimate of drug-likeness (QED) is 0.371. The highest BCUT2D eigenvalue weighted by atomic mass is 79.9. The Morgan fingerprint density at radius 1 is 1.24 bits per heavy atom. The molecular weight excluding hydrogens is 503 g/mol. The van der Waals surface area contributed by atoms with Crippen LogP contribution in [0.2, 0.25) is 0 Å². The van der Waals surface area contributed by atoms with E-state index in [1.54, 1.807) is 4.90 Å². The van der Waals surface area contributed by atoms with Crippen molar-refractivity contribution in [1.29, 1.82) is 5.41 Å². The highest BCUT2D eigenvalue weighted by Crippen LogP contribution is 2.52. The lowest BCUT2D eigenvalue weighted by atomic mass is 9.69. The van der Waals surface area contributed by atoms with E-state index in [9.17, 15) is 14.1 Å². The van der Waals surface area contributed by atoms with Crippen LogP contribution in [0.4, 0.5) is 10.2 Å². The number of amides is 1. The third-order valence-corrected chi connectivity index (χ3v) is 6.83. The summed E-state index contributed by atoms with van der Waals surface area (Å²) < 4.78 is 16.9. The van der Waals surface area contributed by atoms with Crippen molar-refractivity contribution in [3.8, 4) is 5.75 Å². The fraction of sp³-hybridized carbons (Fsp3) is 0.423. The van der Waals surface area contributed by atoms with Crippen molar-refractivity contribution >= 4 is 40.0 Å². The van der Waals surface area contributed by atoms with Gasteiger partial charge in [-0.25, -0.2) is 0 Å². The fourth-order valence-electron chi connectivity index (χ4n) is 4.65. The normalized spacial score (nSPS) is 20.5. The second kappa shape index (κ2) is 12.8. The molecule has 4 rings (SSSR count). The lowest BCUT2D eigenvalue weighted by Crippen LogP contribution is -2.45. The molecule has 0 atom stereocenters.